The van der Waals surface area contributed by atoms with E-state index in [2.05, 4.69) is 96.2 Å². The molecule has 0 aliphatic heterocycles. The van der Waals surface area contributed by atoms with Crippen LogP contribution < -0.4 is 24.8 Å². The number of fused-ring (bicyclic) bond motifs is 3. The van der Waals surface area contributed by atoms with E-state index in [4.69, 9.17) is 0 Å². The molecule has 0 N–H and O–H groups in total. The molecule has 0 amide bonds. The minimum atomic E-state index is -4.41. The smallest absolute Gasteiger partial charge is 0.109 e. The second-order valence-electron chi connectivity index (χ2n) is 13.8. The van der Waals surface area contributed by atoms with Crippen molar-refractivity contribution in [3.8, 4) is 0 Å². The fourth-order valence-corrected chi connectivity index (χ4v) is 5.91. The summed E-state index contributed by atoms with van der Waals surface area (Å²) < 4.78 is 75.6. The van der Waals surface area contributed by atoms with Crippen molar-refractivity contribution in [2.75, 3.05) is 0 Å². The Balaban J connectivity index is 0.000000293. The molecule has 0 saturated heterocycles. The predicted molar refractivity (Wildman–Crippen MR) is 182 cm³/mol. The molecular weight excluding hydrogens is 769 g/mol. The molecule has 264 valence electrons. The Morgan fingerprint density at radius 1 is 0.580 bits per heavy atom. The molecule has 1 aliphatic rings. The van der Waals surface area contributed by atoms with E-state index in [0.29, 0.717) is 14.3 Å². The summed E-state index contributed by atoms with van der Waals surface area (Å²) in [7, 11) is 0. The van der Waals surface area contributed by atoms with Crippen LogP contribution >= 0.6 is 0 Å². The number of rotatable bonds is 2. The maximum Gasteiger partial charge on any atom is -0.109 e. The normalized spacial score (nSPS) is 12.8. The van der Waals surface area contributed by atoms with Crippen molar-refractivity contribution in [1.29, 1.82) is 0 Å². The molecule has 0 radical (unpaired) electrons. The van der Waals surface area contributed by atoms with Gasteiger partial charge in [-0.1, -0.05) is 76.9 Å². The number of benzene rings is 4. The summed E-state index contributed by atoms with van der Waals surface area (Å²) in [6.07, 6.45) is 1.18. The van der Waals surface area contributed by atoms with Gasteiger partial charge in [0.15, 0.2) is 0 Å². The minimum Gasteiger partial charge on any atom is -1.00 e. The molecule has 1 aliphatic carbocycles. The van der Waals surface area contributed by atoms with Gasteiger partial charge in [-0.3, -0.25) is 6.08 Å². The third kappa shape index (κ3) is 11.3. The summed E-state index contributed by atoms with van der Waals surface area (Å²) in [5, 5.41) is 5.49. The molecule has 0 spiro atoms. The van der Waals surface area contributed by atoms with E-state index in [-0.39, 0.29) is 35.6 Å². The second-order valence-corrected chi connectivity index (χ2v) is 15.0. The van der Waals surface area contributed by atoms with Crippen molar-refractivity contribution in [3.05, 3.63) is 149 Å². The molecule has 0 atom stereocenters. The van der Waals surface area contributed by atoms with Gasteiger partial charge in [-0.15, -0.1) is 46.2 Å². The Morgan fingerprint density at radius 3 is 1.20 bits per heavy atom. The minimum absolute atomic E-state index is 0. The van der Waals surface area contributed by atoms with Gasteiger partial charge >= 0.3 is 137 Å². The maximum absolute atomic E-state index is 12.5. The Bertz CT molecular complexity index is 1790. The van der Waals surface area contributed by atoms with Gasteiger partial charge in [0.2, 0.25) is 0 Å². The van der Waals surface area contributed by atoms with Crippen LogP contribution in [0.25, 0.3) is 21.5 Å². The van der Waals surface area contributed by atoms with Crippen LogP contribution in [-0.4, -0.2) is 3.21 Å². The van der Waals surface area contributed by atoms with Gasteiger partial charge in [-0.25, -0.2) is 12.2 Å². The van der Waals surface area contributed by atoms with Crippen molar-refractivity contribution in [2.45, 2.75) is 71.1 Å². The van der Waals surface area contributed by atoms with Gasteiger partial charge in [-0.2, -0.15) is 6.08 Å². The van der Waals surface area contributed by atoms with Crippen molar-refractivity contribution in [2.24, 2.45) is 0 Å². The summed E-state index contributed by atoms with van der Waals surface area (Å²) in [6, 6.07) is 25.3. The van der Waals surface area contributed by atoms with Crippen LogP contribution in [0.15, 0.2) is 109 Å². The molecule has 0 nitrogen and oxygen atoms in total. The average Bonchev–Trinajstić information content (AvgIpc) is 3.71. The van der Waals surface area contributed by atoms with Gasteiger partial charge < -0.3 is 24.8 Å². The molecule has 0 heterocycles. The van der Waals surface area contributed by atoms with E-state index < -0.39 is 23.5 Å². The zero-order valence-corrected chi connectivity index (χ0v) is 32.6. The van der Waals surface area contributed by atoms with E-state index in [1.807, 2.05) is 12.2 Å². The quantitative estimate of drug-likeness (QED) is 0.142. The van der Waals surface area contributed by atoms with Crippen LogP contribution in [-0.2, 0) is 47.4 Å². The fraction of sp³-hybridized carbons (Fsp3) is 0.268. The molecule has 0 bridgehead atoms. The number of hydrogen-bond acceptors (Lipinski definition) is 0. The molecule has 0 unspecified atom stereocenters. The van der Waals surface area contributed by atoms with Gasteiger partial charge in [0.05, 0.1) is 0 Å². The summed E-state index contributed by atoms with van der Waals surface area (Å²) >= 11 is 0.898. The van der Waals surface area contributed by atoms with Crippen molar-refractivity contribution >= 4 is 24.8 Å². The van der Waals surface area contributed by atoms with Gasteiger partial charge in [0, 0.05) is 0 Å². The van der Waals surface area contributed by atoms with Crippen LogP contribution in [0.3, 0.4) is 0 Å². The third-order valence-electron chi connectivity index (χ3n) is 8.03. The topological polar surface area (TPSA) is 0 Å². The van der Waals surface area contributed by atoms with Crippen molar-refractivity contribution in [3.63, 3.8) is 0 Å². The van der Waals surface area contributed by atoms with Crippen LogP contribution in [0.5, 0.6) is 0 Å². The van der Waals surface area contributed by atoms with E-state index in [9.17, 15) is 26.3 Å². The molecule has 5 aromatic carbocycles. The Kier molecular flexibility index (Phi) is 14.8. The van der Waals surface area contributed by atoms with Crippen molar-refractivity contribution in [1.82, 2.24) is 0 Å². The molecule has 0 fully saturated rings. The van der Waals surface area contributed by atoms with E-state index >= 15 is 0 Å². The Labute approximate surface area is 318 Å². The monoisotopic (exact) mass is 804 g/mol. The van der Waals surface area contributed by atoms with E-state index in [1.165, 1.54) is 56.9 Å². The van der Waals surface area contributed by atoms with Gasteiger partial charge in [0.25, 0.3) is 0 Å². The zero-order chi connectivity index (χ0) is 35.5. The first-order valence-electron chi connectivity index (χ1n) is 15.5. The largest absolute Gasteiger partial charge is 1.00 e. The number of alkyl halides is 6. The summed E-state index contributed by atoms with van der Waals surface area (Å²) in [5.74, 6) is 0. The van der Waals surface area contributed by atoms with Crippen LogP contribution in [0.1, 0.15) is 81.3 Å². The summed E-state index contributed by atoms with van der Waals surface area (Å²) in [6.45, 7) is 13.7. The first-order valence-corrected chi connectivity index (χ1v) is 16.8. The SMILES string of the molecule is CC(C)(C)c1ccc2[cH-]c3ccc(C(C)(C)C)cc3c2c1.FC(F)(F)c1ccc([C](=[Zr+2])c2ccc(C(F)(F)F)cc2)cc1.[C-]1=CC=CC1.[Cl-].[Cl-]. The molecule has 0 saturated carbocycles. The molecule has 9 heteroatoms. The molecule has 5 aromatic rings. The van der Waals surface area contributed by atoms with E-state index in [1.54, 1.807) is 0 Å². The molecule has 0 aromatic heterocycles. The molecular formula is C41H38Cl2F6Zr-2. The number of allylic oxidation sites excluding steroid dienone is 4. The average molecular weight is 807 g/mol. The van der Waals surface area contributed by atoms with Gasteiger partial charge in [-0.05, 0) is 10.8 Å². The summed E-state index contributed by atoms with van der Waals surface area (Å²) in [5.41, 5.74) is 2.81. The number of hydrogen-bond donors (Lipinski definition) is 0. The van der Waals surface area contributed by atoms with Crippen LogP contribution in [0.4, 0.5) is 26.3 Å². The van der Waals surface area contributed by atoms with Crippen molar-refractivity contribution < 1.29 is 75.4 Å². The molecule has 6 rings (SSSR count). The van der Waals surface area contributed by atoms with E-state index in [0.717, 1.165) is 54.9 Å². The van der Waals surface area contributed by atoms with Crippen LogP contribution in [0, 0.1) is 6.08 Å². The number of halogens is 8. The molecule has 50 heavy (non-hydrogen) atoms. The Morgan fingerprint density at radius 2 is 0.940 bits per heavy atom. The second kappa shape index (κ2) is 17.1. The van der Waals surface area contributed by atoms with Gasteiger partial charge in [0.1, 0.15) is 0 Å². The summed E-state index contributed by atoms with van der Waals surface area (Å²) in [4.78, 5) is 0. The zero-order valence-electron chi connectivity index (χ0n) is 28.6. The first kappa shape index (κ1) is 43.3. The third-order valence-corrected chi connectivity index (χ3v) is 9.45. The Hall–Kier alpha value is -2.86. The first-order chi connectivity index (χ1) is 22.2. The van der Waals surface area contributed by atoms with Crippen LogP contribution in [0.2, 0.25) is 0 Å². The maximum atomic E-state index is 12.5. The standard InChI is InChI=1S/C21H25.C15H8F6.C5H5.2ClH.Zr/c1-20(2,3)16-9-7-14-11-15-8-10-17(21(4,5)6)13-19(15)18(14)12-16;16-14(17,18)12-5-1-10(2-6-12)9-11-3-7-13(8-4-11)15(19,20)21;1-2-4-5-3-1;;;/h7-13H,1-6H3;1-8H;1-3H,4H2;2*1H;/q-1;;-1;;;+2/p-2. The predicted octanol–water partition coefficient (Wildman–Crippen LogP) is 6.46. The fourth-order valence-electron chi connectivity index (χ4n) is 5.09.